The predicted molar refractivity (Wildman–Crippen MR) is 271 cm³/mol. The van der Waals surface area contributed by atoms with Crippen molar-refractivity contribution in [2.45, 2.75) is 11.8 Å². The number of benzene rings is 4. The number of rotatable bonds is 6. The van der Waals surface area contributed by atoms with Crippen LogP contribution in [0.2, 0.25) is 0 Å². The van der Waals surface area contributed by atoms with Gasteiger partial charge in [0.2, 0.25) is 0 Å². The average Bonchev–Trinajstić information content (AvgIpc) is 4.02. The van der Waals surface area contributed by atoms with Crippen molar-refractivity contribution in [1.82, 2.24) is 19.9 Å². The second-order valence-electron chi connectivity index (χ2n) is 14.7. The van der Waals surface area contributed by atoms with Crippen LogP contribution in [0.5, 0.6) is 0 Å². The first kappa shape index (κ1) is 46.6. The zero-order chi connectivity index (χ0) is 44.8. The van der Waals surface area contributed by atoms with Crippen LogP contribution < -0.4 is 9.97 Å². The van der Waals surface area contributed by atoms with E-state index in [1.54, 1.807) is 0 Å². The minimum Gasteiger partial charge on any atom is -0.655 e. The van der Waals surface area contributed by atoms with Crippen molar-refractivity contribution in [3.8, 4) is 68.8 Å². The maximum atomic E-state index is 10.8. The molecule has 0 N–H and O–H groups in total. The maximum Gasteiger partial charge on any atom is 2.00 e. The fraction of sp³-hybridized carbons (Fsp3) is 0.0800. The SMILES string of the molecule is N#CC(C#N)[C@@H]1c2nc(c(-c3ccccc3)c3[n-]c(c(Br)c3Br)c(-c3ccccc3)c3nc(c(-c4ccccc4)c4[n-]c(c(Br)c4Br)c2-c2ccccc2)C(Br)=C3Br)[C@H]1C(C#N)C#N.[Ni+2]. The molecule has 0 aliphatic carbocycles. The molecule has 0 fully saturated rings. The maximum absolute atomic E-state index is 10.8. The number of hydrogen-bond donors (Lipinski definition) is 0. The second-order valence-corrected chi connectivity index (χ2v) is 19.4. The molecule has 3 aromatic heterocycles. The summed E-state index contributed by atoms with van der Waals surface area (Å²) in [7, 11) is 0. The van der Waals surface area contributed by atoms with Gasteiger partial charge in [-0.15, -0.1) is 22.1 Å². The Morgan fingerprint density at radius 2 is 0.662 bits per heavy atom. The Morgan fingerprint density at radius 1 is 0.400 bits per heavy atom. The molecule has 0 radical (unpaired) electrons. The largest absolute Gasteiger partial charge is 2.00 e. The normalized spacial score (nSPS) is 14.3. The van der Waals surface area contributed by atoms with E-state index in [4.69, 9.17) is 19.9 Å². The zero-order valence-electron chi connectivity index (χ0n) is 33.0. The van der Waals surface area contributed by atoms with Gasteiger partial charge in [-0.05, 0) is 76.4 Å². The average molecular weight is 1270 g/mol. The van der Waals surface area contributed by atoms with Crippen molar-refractivity contribution in [2.24, 2.45) is 11.8 Å². The molecule has 0 amide bonds. The summed E-state index contributed by atoms with van der Waals surface area (Å²) in [6.07, 6.45) is 0. The van der Waals surface area contributed by atoms with Gasteiger partial charge in [0.25, 0.3) is 0 Å². The van der Waals surface area contributed by atoms with Gasteiger partial charge in [-0.2, -0.15) is 21.0 Å². The van der Waals surface area contributed by atoms with Gasteiger partial charge >= 0.3 is 16.5 Å². The summed E-state index contributed by atoms with van der Waals surface area (Å²) in [5, 5.41) is 43.3. The van der Waals surface area contributed by atoms with Crippen molar-refractivity contribution in [1.29, 1.82) is 21.0 Å². The molecule has 0 spiro atoms. The van der Waals surface area contributed by atoms with E-state index in [1.165, 1.54) is 0 Å². The summed E-state index contributed by atoms with van der Waals surface area (Å²) in [5.74, 6) is -4.84. The topological polar surface area (TPSA) is 149 Å². The second kappa shape index (κ2) is 19.5. The van der Waals surface area contributed by atoms with E-state index >= 15 is 0 Å². The monoisotopic (exact) mass is 1270 g/mol. The van der Waals surface area contributed by atoms with Crippen molar-refractivity contribution in [3.05, 3.63) is 162 Å². The molecular weight excluding hydrogens is 1250 g/mol. The van der Waals surface area contributed by atoms with E-state index in [0.717, 1.165) is 11.1 Å². The van der Waals surface area contributed by atoms with Crippen LogP contribution in [0.4, 0.5) is 0 Å². The predicted octanol–water partition coefficient (Wildman–Crippen LogP) is 15.1. The Labute approximate surface area is 434 Å². The summed E-state index contributed by atoms with van der Waals surface area (Å²) in [4.78, 5) is 21.9. The number of fused-ring (bicyclic) bond motifs is 8. The molecule has 2 aliphatic rings. The third-order valence-corrected chi connectivity index (χ3v) is 17.4. The minimum atomic E-state index is -1.34. The molecule has 8 bridgehead atoms. The van der Waals surface area contributed by atoms with Gasteiger partial charge in [0, 0.05) is 29.7 Å². The summed E-state index contributed by atoms with van der Waals surface area (Å²) >= 11 is 23.6. The fourth-order valence-corrected chi connectivity index (χ4v) is 11.3. The Balaban J connectivity index is 0.00000576. The van der Waals surface area contributed by atoms with Crippen LogP contribution in [0.15, 0.2) is 139 Å². The molecule has 2 atom stereocenters. The van der Waals surface area contributed by atoms with Gasteiger partial charge in [-0.25, -0.2) is 4.98 Å². The van der Waals surface area contributed by atoms with Gasteiger partial charge in [-0.1, -0.05) is 185 Å². The Kier molecular flexibility index (Phi) is 14.0. The molecule has 65 heavy (non-hydrogen) atoms. The van der Waals surface area contributed by atoms with E-state index in [9.17, 15) is 21.0 Å². The Morgan fingerprint density at radius 3 is 0.938 bits per heavy atom. The first-order chi connectivity index (χ1) is 31.1. The zero-order valence-corrected chi connectivity index (χ0v) is 43.5. The molecule has 0 saturated heterocycles. The van der Waals surface area contributed by atoms with Crippen molar-refractivity contribution in [2.75, 3.05) is 0 Å². The van der Waals surface area contributed by atoms with Crippen LogP contribution in [-0.4, -0.2) is 9.97 Å². The first-order valence-corrected chi connectivity index (χ1v) is 24.2. The molecule has 15 heteroatoms. The molecule has 2 aliphatic heterocycles. The minimum absolute atomic E-state index is 0. The number of halogens is 6. The smallest absolute Gasteiger partial charge is 0.655 e. The van der Waals surface area contributed by atoms with Crippen LogP contribution in [0.1, 0.15) is 34.6 Å². The van der Waals surface area contributed by atoms with Gasteiger partial charge in [0.15, 0.2) is 0 Å². The van der Waals surface area contributed by atoms with E-state index in [-0.39, 0.29) is 16.5 Å². The third-order valence-electron chi connectivity index (χ3n) is 11.2. The first-order valence-electron chi connectivity index (χ1n) is 19.4. The van der Waals surface area contributed by atoms with E-state index in [2.05, 4.69) is 120 Å². The number of nitrogens with zero attached hydrogens (tertiary/aromatic N) is 8. The van der Waals surface area contributed by atoms with Gasteiger partial charge < -0.3 is 9.97 Å². The molecule has 316 valence electrons. The fourth-order valence-electron chi connectivity index (χ4n) is 8.42. The number of hydrogen-bond acceptors (Lipinski definition) is 6. The molecule has 0 unspecified atom stereocenters. The van der Waals surface area contributed by atoms with E-state index in [1.807, 2.05) is 121 Å². The summed E-state index contributed by atoms with van der Waals surface area (Å²) in [5.41, 5.74) is 9.25. The summed E-state index contributed by atoms with van der Waals surface area (Å²) < 4.78 is 3.75. The molecule has 4 aromatic carbocycles. The molecule has 7 aromatic rings. The molecule has 0 saturated carbocycles. The van der Waals surface area contributed by atoms with Crippen LogP contribution in [0.3, 0.4) is 0 Å². The van der Waals surface area contributed by atoms with Crippen molar-refractivity contribution < 1.29 is 16.5 Å². The number of nitriles is 4. The van der Waals surface area contributed by atoms with Crippen LogP contribution in [0, 0.1) is 57.2 Å². The summed E-state index contributed by atoms with van der Waals surface area (Å²) in [6.45, 7) is 0. The van der Waals surface area contributed by atoms with Gasteiger partial charge in [-0.3, -0.25) is 4.98 Å². The number of aromatic nitrogens is 4. The van der Waals surface area contributed by atoms with Crippen LogP contribution in [0.25, 0.3) is 75.5 Å². The molecule has 9 rings (SSSR count). The summed E-state index contributed by atoms with van der Waals surface area (Å²) in [6, 6.07) is 47.5. The van der Waals surface area contributed by atoms with Crippen molar-refractivity contribution in [3.63, 3.8) is 0 Å². The third kappa shape index (κ3) is 8.00. The van der Waals surface area contributed by atoms with Gasteiger partial charge in [0.05, 0.1) is 56.0 Å². The molecule has 8 nitrogen and oxygen atoms in total. The Bertz CT molecular complexity index is 3170. The molecular formula is C50H24Br6N8Ni. The van der Waals surface area contributed by atoms with Gasteiger partial charge in [0.1, 0.15) is 11.8 Å². The van der Waals surface area contributed by atoms with Crippen LogP contribution >= 0.6 is 95.6 Å². The van der Waals surface area contributed by atoms with Crippen molar-refractivity contribution >= 4 is 127 Å². The standard InChI is InChI=1S/C50H24Br6N8.Ni/c51-37-39(53)47-35(27-17-9-3-10-18-27)49-41(55)42(56)50(64-49)36(28-19-11-4-12-20-28)48-40(54)38(52)46(63-48)34(26-15-7-2-8-16-26)44-32(30(23-59)24-60)31(29(21-57)22-58)43(61-44)33(45(37)62-47)25-13-5-1-6-14-25;/h1-20,29-32H;/q-2;+2/t31-,32-;/m0./s1. The molecule has 5 heterocycles. The quantitative estimate of drug-likeness (QED) is 0.149. The van der Waals surface area contributed by atoms with E-state index < -0.39 is 23.7 Å². The Hall–Kier alpha value is -4.93. The van der Waals surface area contributed by atoms with Crippen LogP contribution in [-0.2, 0) is 16.5 Å². The van der Waals surface area contributed by atoms with E-state index in [0.29, 0.717) is 105 Å².